The summed E-state index contributed by atoms with van der Waals surface area (Å²) in [7, 11) is 0. The second-order valence-corrected chi connectivity index (χ2v) is 3.50. The van der Waals surface area contributed by atoms with E-state index in [0.29, 0.717) is 13.2 Å². The second kappa shape index (κ2) is 8.15. The van der Waals surface area contributed by atoms with Gasteiger partial charge in [0.25, 0.3) is 5.97 Å². The molecule has 0 aliphatic carbocycles. The molecule has 0 aromatic rings. The smallest absolute Gasteiger partial charge is 0.481 e. The van der Waals surface area contributed by atoms with Crippen LogP contribution in [0, 0.1) is 0 Å². The van der Waals surface area contributed by atoms with Crippen molar-refractivity contribution in [3.8, 4) is 0 Å². The highest BCUT2D eigenvalue weighted by molar-refractivity contribution is 5.63. The lowest BCUT2D eigenvalue weighted by Gasteiger charge is -1.90. The molecule has 2 atom stereocenters. The number of hydrogen-bond donors (Lipinski definition) is 1. The molecule has 0 saturated carbocycles. The molecule has 18 heavy (non-hydrogen) atoms. The van der Waals surface area contributed by atoms with E-state index in [0.717, 1.165) is 6.92 Å². The lowest BCUT2D eigenvalue weighted by Crippen LogP contribution is -2.01. The lowest BCUT2D eigenvalue weighted by atomic mass is 10.5. The van der Waals surface area contributed by atoms with E-state index in [4.69, 9.17) is 9.90 Å². The molecular weight excluding hydrogens is 248 g/mol. The molecule has 2 aliphatic rings. The summed E-state index contributed by atoms with van der Waals surface area (Å²) in [5, 5.41) is 7.42. The molecule has 0 spiro atoms. The third-order valence-corrected chi connectivity index (χ3v) is 1.47. The normalized spacial score (nSPS) is 24.2. The van der Waals surface area contributed by atoms with Gasteiger partial charge in [-0.1, -0.05) is 0 Å². The molecular formula is C10H16O8. The SMILES string of the molecule is CC(=O)O.CC1COC(=O)O1.CC1COC(=O)O1. The Labute approximate surface area is 104 Å². The minimum Gasteiger partial charge on any atom is -0.481 e. The Morgan fingerprint density at radius 2 is 1.33 bits per heavy atom. The molecule has 2 fully saturated rings. The van der Waals surface area contributed by atoms with Crippen LogP contribution in [0.2, 0.25) is 0 Å². The summed E-state index contributed by atoms with van der Waals surface area (Å²) >= 11 is 0. The number of rotatable bonds is 0. The van der Waals surface area contributed by atoms with Crippen LogP contribution >= 0.6 is 0 Å². The van der Waals surface area contributed by atoms with Crippen LogP contribution in [0.5, 0.6) is 0 Å². The van der Waals surface area contributed by atoms with Crippen LogP contribution in [0.3, 0.4) is 0 Å². The Kier molecular flexibility index (Phi) is 7.25. The van der Waals surface area contributed by atoms with E-state index in [1.54, 1.807) is 13.8 Å². The van der Waals surface area contributed by atoms with Crippen molar-refractivity contribution in [2.24, 2.45) is 0 Å². The van der Waals surface area contributed by atoms with E-state index < -0.39 is 18.3 Å². The Morgan fingerprint density at radius 3 is 1.39 bits per heavy atom. The molecule has 2 saturated heterocycles. The largest absolute Gasteiger partial charge is 0.508 e. The molecule has 104 valence electrons. The molecule has 0 aromatic carbocycles. The van der Waals surface area contributed by atoms with Gasteiger partial charge >= 0.3 is 12.3 Å². The fourth-order valence-electron chi connectivity index (χ4n) is 0.835. The van der Waals surface area contributed by atoms with Crippen molar-refractivity contribution in [3.05, 3.63) is 0 Å². The van der Waals surface area contributed by atoms with Gasteiger partial charge in [0.2, 0.25) is 0 Å². The topological polar surface area (TPSA) is 108 Å². The zero-order valence-electron chi connectivity index (χ0n) is 10.4. The standard InChI is InChI=1S/2C4H6O3.C2H4O2/c2*1-3-2-6-4(5)7-3;1-2(3)4/h2*3H,2H2,1H3;1H3,(H,3,4). The van der Waals surface area contributed by atoms with Gasteiger partial charge in [-0.05, 0) is 13.8 Å². The summed E-state index contributed by atoms with van der Waals surface area (Å²) in [5.41, 5.74) is 0. The molecule has 0 amide bonds. The van der Waals surface area contributed by atoms with Crippen molar-refractivity contribution < 1.29 is 38.4 Å². The summed E-state index contributed by atoms with van der Waals surface area (Å²) in [6.45, 7) is 5.45. The average Bonchev–Trinajstić information content (AvgIpc) is 2.76. The molecule has 2 heterocycles. The van der Waals surface area contributed by atoms with Gasteiger partial charge in [-0.15, -0.1) is 0 Å². The minimum atomic E-state index is -0.833. The molecule has 0 radical (unpaired) electrons. The van der Waals surface area contributed by atoms with Crippen molar-refractivity contribution in [3.63, 3.8) is 0 Å². The highest BCUT2D eigenvalue weighted by atomic mass is 16.8. The van der Waals surface area contributed by atoms with Crippen molar-refractivity contribution in [1.82, 2.24) is 0 Å². The fourth-order valence-corrected chi connectivity index (χ4v) is 0.835. The molecule has 8 heteroatoms. The van der Waals surface area contributed by atoms with Crippen molar-refractivity contribution in [2.45, 2.75) is 33.0 Å². The van der Waals surface area contributed by atoms with Crippen LogP contribution in [0.25, 0.3) is 0 Å². The quantitative estimate of drug-likeness (QED) is 0.649. The third-order valence-electron chi connectivity index (χ3n) is 1.47. The highest BCUT2D eigenvalue weighted by Crippen LogP contribution is 2.03. The first-order valence-corrected chi connectivity index (χ1v) is 5.17. The second-order valence-electron chi connectivity index (χ2n) is 3.50. The molecule has 2 aliphatic heterocycles. The first-order valence-electron chi connectivity index (χ1n) is 5.17. The van der Waals surface area contributed by atoms with Crippen molar-refractivity contribution in [2.75, 3.05) is 13.2 Å². The first-order chi connectivity index (χ1) is 8.31. The molecule has 1 N–H and O–H groups in total. The van der Waals surface area contributed by atoms with Crippen molar-refractivity contribution in [1.29, 1.82) is 0 Å². The van der Waals surface area contributed by atoms with Gasteiger partial charge in [0.1, 0.15) is 25.4 Å². The number of cyclic esters (lactones) is 4. The van der Waals surface area contributed by atoms with Gasteiger partial charge in [0.15, 0.2) is 0 Å². The number of carbonyl (C=O) groups is 3. The monoisotopic (exact) mass is 264 g/mol. The predicted octanol–water partition coefficient (Wildman–Crippen LogP) is 1.17. The van der Waals surface area contributed by atoms with Crippen LogP contribution in [-0.4, -0.2) is 48.8 Å². The van der Waals surface area contributed by atoms with Gasteiger partial charge in [-0.25, -0.2) is 9.59 Å². The maximum Gasteiger partial charge on any atom is 0.508 e. The first kappa shape index (κ1) is 16.0. The summed E-state index contributed by atoms with van der Waals surface area (Å²) in [4.78, 5) is 29.0. The minimum absolute atomic E-state index is 0.0486. The summed E-state index contributed by atoms with van der Waals surface area (Å²) in [6.07, 6.45) is -1.19. The average molecular weight is 264 g/mol. The molecule has 2 unspecified atom stereocenters. The number of aliphatic carboxylic acids is 1. The van der Waals surface area contributed by atoms with E-state index >= 15 is 0 Å². The Bertz CT molecular complexity index is 272. The lowest BCUT2D eigenvalue weighted by molar-refractivity contribution is -0.134. The van der Waals surface area contributed by atoms with Gasteiger partial charge in [-0.2, -0.15) is 0 Å². The predicted molar refractivity (Wildman–Crippen MR) is 57.1 cm³/mol. The Morgan fingerprint density at radius 1 is 1.06 bits per heavy atom. The molecule has 8 nitrogen and oxygen atoms in total. The van der Waals surface area contributed by atoms with Gasteiger partial charge in [0, 0.05) is 6.92 Å². The van der Waals surface area contributed by atoms with Crippen molar-refractivity contribution >= 4 is 18.3 Å². The van der Waals surface area contributed by atoms with Crippen LogP contribution in [-0.2, 0) is 23.7 Å². The molecule has 0 bridgehead atoms. The maximum absolute atomic E-state index is 10.0. The zero-order valence-corrected chi connectivity index (χ0v) is 10.4. The summed E-state index contributed by atoms with van der Waals surface area (Å²) in [5.74, 6) is -0.833. The Hall–Kier alpha value is -1.99. The van der Waals surface area contributed by atoms with Gasteiger partial charge in [-0.3, -0.25) is 4.79 Å². The van der Waals surface area contributed by atoms with Gasteiger partial charge in [0.05, 0.1) is 0 Å². The number of carbonyl (C=O) groups excluding carboxylic acids is 2. The van der Waals surface area contributed by atoms with Crippen LogP contribution in [0.15, 0.2) is 0 Å². The van der Waals surface area contributed by atoms with Crippen LogP contribution in [0.1, 0.15) is 20.8 Å². The van der Waals surface area contributed by atoms with Crippen LogP contribution in [0.4, 0.5) is 9.59 Å². The summed E-state index contributed by atoms with van der Waals surface area (Å²) < 4.78 is 17.8. The van der Waals surface area contributed by atoms with E-state index in [-0.39, 0.29) is 12.2 Å². The third kappa shape index (κ3) is 9.25. The van der Waals surface area contributed by atoms with E-state index in [1.165, 1.54) is 0 Å². The number of carboxylic acid groups (broad SMARTS) is 1. The number of hydrogen-bond acceptors (Lipinski definition) is 7. The Balaban J connectivity index is 0.000000253. The van der Waals surface area contributed by atoms with E-state index in [2.05, 4.69) is 18.9 Å². The molecule has 0 aromatic heterocycles. The summed E-state index contributed by atoms with van der Waals surface area (Å²) in [6, 6.07) is 0. The fraction of sp³-hybridized carbons (Fsp3) is 0.700. The highest BCUT2D eigenvalue weighted by Gasteiger charge is 2.19. The number of carboxylic acids is 1. The molecule has 2 rings (SSSR count). The van der Waals surface area contributed by atoms with Gasteiger partial charge < -0.3 is 24.1 Å². The van der Waals surface area contributed by atoms with Crippen LogP contribution < -0.4 is 0 Å². The van der Waals surface area contributed by atoms with E-state index in [1.807, 2.05) is 0 Å². The number of ether oxygens (including phenoxy) is 4. The maximum atomic E-state index is 10.0. The van der Waals surface area contributed by atoms with E-state index in [9.17, 15) is 9.59 Å². The zero-order chi connectivity index (χ0) is 14.1.